The van der Waals surface area contributed by atoms with Gasteiger partial charge in [0.25, 0.3) is 0 Å². The maximum absolute atomic E-state index is 11.3. The van der Waals surface area contributed by atoms with Crippen molar-refractivity contribution in [2.45, 2.75) is 6.61 Å². The SMILES string of the molecule is O=C(O)c1nc(COc2ccccc2)n2c(Br)cccc12. The van der Waals surface area contributed by atoms with E-state index in [4.69, 9.17) is 4.74 Å². The molecule has 6 heteroatoms. The molecule has 0 saturated carbocycles. The summed E-state index contributed by atoms with van der Waals surface area (Å²) in [5.74, 6) is 0.175. The molecule has 0 atom stereocenters. The molecule has 0 saturated heterocycles. The number of aromatic nitrogens is 2. The Labute approximate surface area is 128 Å². The fourth-order valence-electron chi connectivity index (χ4n) is 2.09. The normalized spacial score (nSPS) is 10.7. The van der Waals surface area contributed by atoms with Crippen molar-refractivity contribution in [2.75, 3.05) is 0 Å². The van der Waals surface area contributed by atoms with Gasteiger partial charge < -0.3 is 9.84 Å². The molecular formula is C15H11BrN2O3. The van der Waals surface area contributed by atoms with Gasteiger partial charge in [0.2, 0.25) is 0 Å². The number of aromatic carboxylic acids is 1. The van der Waals surface area contributed by atoms with Gasteiger partial charge in [0.1, 0.15) is 12.4 Å². The minimum absolute atomic E-state index is 0.0166. The molecule has 0 aliphatic carbocycles. The van der Waals surface area contributed by atoms with E-state index in [0.29, 0.717) is 17.1 Å². The summed E-state index contributed by atoms with van der Waals surface area (Å²) in [4.78, 5) is 15.5. The van der Waals surface area contributed by atoms with Crippen molar-refractivity contribution < 1.29 is 14.6 Å². The molecule has 2 heterocycles. The summed E-state index contributed by atoms with van der Waals surface area (Å²) in [5, 5.41) is 9.24. The second-order valence-electron chi connectivity index (χ2n) is 4.35. The Morgan fingerprint density at radius 3 is 2.67 bits per heavy atom. The number of carbonyl (C=O) groups is 1. The van der Waals surface area contributed by atoms with Gasteiger partial charge in [-0.2, -0.15) is 0 Å². The molecule has 0 aliphatic heterocycles. The van der Waals surface area contributed by atoms with Crippen LogP contribution in [-0.2, 0) is 6.61 Å². The van der Waals surface area contributed by atoms with Gasteiger partial charge in [-0.15, -0.1) is 0 Å². The van der Waals surface area contributed by atoms with Crippen molar-refractivity contribution >= 4 is 27.4 Å². The molecule has 2 aromatic heterocycles. The smallest absolute Gasteiger partial charge is 0.356 e. The highest BCUT2D eigenvalue weighted by atomic mass is 79.9. The molecule has 3 aromatic rings. The first kappa shape index (κ1) is 13.6. The molecular weight excluding hydrogens is 336 g/mol. The average Bonchev–Trinajstić information content (AvgIpc) is 2.87. The summed E-state index contributed by atoms with van der Waals surface area (Å²) in [5.41, 5.74) is 0.548. The van der Waals surface area contributed by atoms with Crippen LogP contribution in [0, 0.1) is 0 Å². The Morgan fingerprint density at radius 2 is 1.95 bits per heavy atom. The fourth-order valence-corrected chi connectivity index (χ4v) is 2.63. The first-order valence-corrected chi connectivity index (χ1v) is 7.03. The number of para-hydroxylation sites is 1. The number of hydrogen-bond donors (Lipinski definition) is 1. The quantitative estimate of drug-likeness (QED) is 0.735. The zero-order valence-corrected chi connectivity index (χ0v) is 12.4. The van der Waals surface area contributed by atoms with E-state index in [0.717, 1.165) is 4.60 Å². The Hall–Kier alpha value is -2.34. The van der Waals surface area contributed by atoms with E-state index in [1.807, 2.05) is 36.4 Å². The predicted octanol–water partition coefficient (Wildman–Crippen LogP) is 3.37. The lowest BCUT2D eigenvalue weighted by atomic mass is 10.3. The monoisotopic (exact) mass is 346 g/mol. The van der Waals surface area contributed by atoms with Gasteiger partial charge in [0.05, 0.1) is 10.1 Å². The second kappa shape index (κ2) is 5.57. The first-order chi connectivity index (χ1) is 10.2. The zero-order valence-electron chi connectivity index (χ0n) is 10.9. The van der Waals surface area contributed by atoms with Crippen molar-refractivity contribution in [2.24, 2.45) is 0 Å². The zero-order chi connectivity index (χ0) is 14.8. The van der Waals surface area contributed by atoms with Crippen LogP contribution < -0.4 is 4.74 Å². The lowest BCUT2D eigenvalue weighted by Gasteiger charge is -2.06. The molecule has 0 unspecified atom stereocenters. The fraction of sp³-hybridized carbons (Fsp3) is 0.0667. The number of carboxylic acids is 1. The maximum atomic E-state index is 11.3. The van der Waals surface area contributed by atoms with Crippen LogP contribution in [0.15, 0.2) is 53.1 Å². The highest BCUT2D eigenvalue weighted by Gasteiger charge is 2.18. The van der Waals surface area contributed by atoms with E-state index in [1.54, 1.807) is 16.5 Å². The van der Waals surface area contributed by atoms with E-state index in [1.165, 1.54) is 0 Å². The summed E-state index contributed by atoms with van der Waals surface area (Å²) in [6.07, 6.45) is 0. The highest BCUT2D eigenvalue weighted by Crippen LogP contribution is 2.21. The predicted molar refractivity (Wildman–Crippen MR) is 80.6 cm³/mol. The lowest BCUT2D eigenvalue weighted by molar-refractivity contribution is 0.0693. The third-order valence-corrected chi connectivity index (χ3v) is 3.62. The third kappa shape index (κ3) is 2.62. The molecule has 0 radical (unpaired) electrons. The molecule has 0 bridgehead atoms. The van der Waals surface area contributed by atoms with Crippen LogP contribution in [0.5, 0.6) is 5.75 Å². The van der Waals surface area contributed by atoms with Crippen LogP contribution in [0.4, 0.5) is 0 Å². The number of hydrogen-bond acceptors (Lipinski definition) is 3. The van der Waals surface area contributed by atoms with Crippen LogP contribution in [0.25, 0.3) is 5.52 Å². The molecule has 1 aromatic carbocycles. The van der Waals surface area contributed by atoms with E-state index < -0.39 is 5.97 Å². The summed E-state index contributed by atoms with van der Waals surface area (Å²) in [6, 6.07) is 14.6. The summed E-state index contributed by atoms with van der Waals surface area (Å²) < 4.78 is 8.11. The van der Waals surface area contributed by atoms with Gasteiger partial charge in [0.15, 0.2) is 11.5 Å². The van der Waals surface area contributed by atoms with Crippen molar-refractivity contribution in [3.8, 4) is 5.75 Å². The molecule has 0 aliphatic rings. The van der Waals surface area contributed by atoms with Gasteiger partial charge in [-0.25, -0.2) is 9.78 Å². The van der Waals surface area contributed by atoms with E-state index in [9.17, 15) is 9.90 Å². The third-order valence-electron chi connectivity index (χ3n) is 3.00. The molecule has 0 amide bonds. The number of fused-ring (bicyclic) bond motifs is 1. The molecule has 0 spiro atoms. The van der Waals surface area contributed by atoms with Crippen LogP contribution in [-0.4, -0.2) is 20.5 Å². The Balaban J connectivity index is 2.00. The van der Waals surface area contributed by atoms with Gasteiger partial charge >= 0.3 is 5.97 Å². The molecule has 5 nitrogen and oxygen atoms in total. The molecule has 0 fully saturated rings. The first-order valence-electron chi connectivity index (χ1n) is 6.24. The summed E-state index contributed by atoms with van der Waals surface area (Å²) >= 11 is 3.41. The van der Waals surface area contributed by atoms with Crippen molar-refractivity contribution in [3.63, 3.8) is 0 Å². The minimum Gasteiger partial charge on any atom is -0.486 e. The van der Waals surface area contributed by atoms with Crippen molar-refractivity contribution in [3.05, 3.63) is 64.7 Å². The minimum atomic E-state index is -1.06. The van der Waals surface area contributed by atoms with Crippen LogP contribution >= 0.6 is 15.9 Å². The maximum Gasteiger partial charge on any atom is 0.356 e. The number of pyridine rings is 1. The number of halogens is 1. The molecule has 1 N–H and O–H groups in total. The Kier molecular flexibility index (Phi) is 3.62. The summed E-state index contributed by atoms with van der Waals surface area (Å²) in [7, 11) is 0. The van der Waals surface area contributed by atoms with Gasteiger partial charge in [-0.05, 0) is 40.2 Å². The number of ether oxygens (including phenoxy) is 1. The standard InChI is InChI=1S/C15H11BrN2O3/c16-12-8-4-7-11-14(15(19)20)17-13(18(11)12)9-21-10-5-2-1-3-6-10/h1-8H,9H2,(H,19,20). The summed E-state index contributed by atoms with van der Waals surface area (Å²) in [6.45, 7) is 0.182. The molecule has 106 valence electrons. The Morgan fingerprint density at radius 1 is 1.19 bits per heavy atom. The largest absolute Gasteiger partial charge is 0.486 e. The lowest BCUT2D eigenvalue weighted by Crippen LogP contribution is -2.02. The van der Waals surface area contributed by atoms with Crippen LogP contribution in [0.1, 0.15) is 16.3 Å². The molecule has 21 heavy (non-hydrogen) atoms. The van der Waals surface area contributed by atoms with Crippen LogP contribution in [0.2, 0.25) is 0 Å². The Bertz CT molecular complexity index is 799. The van der Waals surface area contributed by atoms with Gasteiger partial charge in [0, 0.05) is 0 Å². The van der Waals surface area contributed by atoms with E-state index in [-0.39, 0.29) is 12.3 Å². The number of carboxylic acid groups (broad SMARTS) is 1. The van der Waals surface area contributed by atoms with E-state index in [2.05, 4.69) is 20.9 Å². The number of benzene rings is 1. The number of nitrogens with zero attached hydrogens (tertiary/aromatic N) is 2. The van der Waals surface area contributed by atoms with Crippen molar-refractivity contribution in [1.82, 2.24) is 9.38 Å². The van der Waals surface area contributed by atoms with Crippen LogP contribution in [0.3, 0.4) is 0 Å². The second-order valence-corrected chi connectivity index (χ2v) is 5.17. The molecule has 3 rings (SSSR count). The van der Waals surface area contributed by atoms with E-state index >= 15 is 0 Å². The number of imidazole rings is 1. The van der Waals surface area contributed by atoms with Gasteiger partial charge in [-0.3, -0.25) is 4.40 Å². The van der Waals surface area contributed by atoms with Crippen molar-refractivity contribution in [1.29, 1.82) is 0 Å². The van der Waals surface area contributed by atoms with Gasteiger partial charge in [-0.1, -0.05) is 24.3 Å². The topological polar surface area (TPSA) is 63.8 Å². The number of rotatable bonds is 4. The average molecular weight is 347 g/mol. The highest BCUT2D eigenvalue weighted by molar-refractivity contribution is 9.10.